The maximum Gasteiger partial charge on any atom is 0.252 e. The Kier molecular flexibility index (Phi) is 5.01. The fourth-order valence-electron chi connectivity index (χ4n) is 2.98. The van der Waals surface area contributed by atoms with Gasteiger partial charge in [-0.05, 0) is 31.0 Å². The zero-order chi connectivity index (χ0) is 16.9. The highest BCUT2D eigenvalue weighted by Gasteiger charge is 2.05. The van der Waals surface area contributed by atoms with Gasteiger partial charge in [-0.15, -0.1) is 0 Å². The number of benzene rings is 1. The van der Waals surface area contributed by atoms with E-state index < -0.39 is 0 Å². The summed E-state index contributed by atoms with van der Waals surface area (Å²) in [5.41, 5.74) is 4.24. The fraction of sp³-hybridized carbons (Fsp3) is 0.316. The summed E-state index contributed by atoms with van der Waals surface area (Å²) in [5, 5.41) is 4.61. The fourth-order valence-corrected chi connectivity index (χ4v) is 2.98. The highest BCUT2D eigenvalue weighted by molar-refractivity contribution is 5.83. The highest BCUT2D eigenvalue weighted by Crippen LogP contribution is 2.18. The third-order valence-electron chi connectivity index (χ3n) is 4.25. The summed E-state index contributed by atoms with van der Waals surface area (Å²) in [6, 6.07) is 11.9. The number of methoxy groups -OCH3 is 1. The second-order valence-corrected chi connectivity index (χ2v) is 5.90. The number of hydrogen-bond donors (Lipinski definition) is 2. The lowest BCUT2D eigenvalue weighted by atomic mass is 10.1. The minimum absolute atomic E-state index is 0.00152. The number of aryl methyl sites for hydroxylation is 1. The lowest BCUT2D eigenvalue weighted by Gasteiger charge is -2.12. The predicted molar refractivity (Wildman–Crippen MR) is 97.8 cm³/mol. The Morgan fingerprint density at radius 2 is 2.08 bits per heavy atom. The third kappa shape index (κ3) is 3.51. The number of nitrogens with one attached hydrogen (secondary N) is 2. The zero-order valence-corrected chi connectivity index (χ0v) is 14.1. The largest absolute Gasteiger partial charge is 0.384 e. The van der Waals surface area contributed by atoms with Crippen molar-refractivity contribution in [3.05, 3.63) is 64.2 Å². The lowest BCUT2D eigenvalue weighted by Crippen LogP contribution is -2.24. The van der Waals surface area contributed by atoms with Crippen molar-refractivity contribution < 1.29 is 4.74 Å². The van der Waals surface area contributed by atoms with Crippen LogP contribution in [0.1, 0.15) is 11.3 Å². The molecule has 2 aromatic heterocycles. The first kappa shape index (κ1) is 16.3. The van der Waals surface area contributed by atoms with Gasteiger partial charge in [0, 0.05) is 54.7 Å². The molecule has 1 aromatic carbocycles. The van der Waals surface area contributed by atoms with Crippen LogP contribution in [0.3, 0.4) is 0 Å². The van der Waals surface area contributed by atoms with Gasteiger partial charge in [0.05, 0.1) is 6.61 Å². The molecule has 0 bridgehead atoms. The number of aromatic nitrogens is 2. The number of nitrogens with zero attached hydrogens (tertiary/aromatic N) is 1. The Morgan fingerprint density at radius 3 is 2.88 bits per heavy atom. The quantitative estimate of drug-likeness (QED) is 0.702. The molecule has 2 heterocycles. The van der Waals surface area contributed by atoms with E-state index in [4.69, 9.17) is 4.74 Å². The van der Waals surface area contributed by atoms with Crippen LogP contribution in [-0.2, 0) is 17.7 Å². The first-order valence-electron chi connectivity index (χ1n) is 8.18. The van der Waals surface area contributed by atoms with E-state index >= 15 is 0 Å². The predicted octanol–water partition coefficient (Wildman–Crippen LogP) is 2.94. The number of rotatable bonds is 7. The molecule has 2 N–H and O–H groups in total. The summed E-state index contributed by atoms with van der Waals surface area (Å²) in [6.45, 7) is 3.84. The molecule has 5 nitrogen and oxygen atoms in total. The average Bonchev–Trinajstić information content (AvgIpc) is 2.98. The summed E-state index contributed by atoms with van der Waals surface area (Å²) >= 11 is 0. The van der Waals surface area contributed by atoms with Gasteiger partial charge in [0.25, 0.3) is 5.56 Å². The van der Waals surface area contributed by atoms with Gasteiger partial charge in [-0.1, -0.05) is 18.2 Å². The van der Waals surface area contributed by atoms with Crippen LogP contribution < -0.4 is 10.9 Å². The number of pyridine rings is 1. The minimum atomic E-state index is 0.00152. The molecular weight excluding hydrogens is 302 g/mol. The van der Waals surface area contributed by atoms with E-state index in [9.17, 15) is 4.79 Å². The third-order valence-corrected chi connectivity index (χ3v) is 4.25. The number of hydrogen-bond acceptors (Lipinski definition) is 3. The molecule has 3 rings (SSSR count). The Balaban J connectivity index is 1.65. The topological polar surface area (TPSA) is 59.0 Å². The van der Waals surface area contributed by atoms with Crippen molar-refractivity contribution >= 4 is 16.6 Å². The Hall–Kier alpha value is -2.53. The molecule has 0 atom stereocenters. The lowest BCUT2D eigenvalue weighted by molar-refractivity contribution is 0.185. The summed E-state index contributed by atoms with van der Waals surface area (Å²) in [7, 11) is 1.64. The molecule has 3 aromatic rings. The maximum atomic E-state index is 12.2. The van der Waals surface area contributed by atoms with Crippen LogP contribution in [0.2, 0.25) is 0 Å². The first-order chi connectivity index (χ1) is 11.7. The van der Waals surface area contributed by atoms with Crippen LogP contribution in [0.15, 0.2) is 47.4 Å². The molecule has 0 spiro atoms. The smallest absolute Gasteiger partial charge is 0.252 e. The van der Waals surface area contributed by atoms with E-state index in [0.717, 1.165) is 29.9 Å². The highest BCUT2D eigenvalue weighted by atomic mass is 16.5. The number of H-pyrrole nitrogens is 1. The summed E-state index contributed by atoms with van der Waals surface area (Å²) in [5.74, 6) is 0. The van der Waals surface area contributed by atoms with Crippen molar-refractivity contribution in [1.29, 1.82) is 0 Å². The second kappa shape index (κ2) is 7.36. The average molecular weight is 325 g/mol. The molecule has 0 aliphatic heterocycles. The van der Waals surface area contributed by atoms with Crippen molar-refractivity contribution in [3.63, 3.8) is 0 Å². The van der Waals surface area contributed by atoms with E-state index in [0.29, 0.717) is 13.2 Å². The normalized spacial score (nSPS) is 11.1. The van der Waals surface area contributed by atoms with Gasteiger partial charge in [0.2, 0.25) is 0 Å². The number of ether oxygens (including phenoxy) is 1. The second-order valence-electron chi connectivity index (χ2n) is 5.90. The molecule has 0 unspecified atom stereocenters. The standard InChI is InChI=1S/C19H23N3O2/c1-14-11-16(12-19(23)22(14)9-10-24-2)20-8-7-15-13-21-18-6-4-3-5-17(15)18/h3-6,11-13,20-21H,7-10H2,1-2H3. The van der Waals surface area contributed by atoms with Gasteiger partial charge in [-0.3, -0.25) is 4.79 Å². The molecule has 0 aliphatic rings. The van der Waals surface area contributed by atoms with Crippen LogP contribution in [0.4, 0.5) is 5.69 Å². The van der Waals surface area contributed by atoms with Gasteiger partial charge in [0.15, 0.2) is 0 Å². The molecule has 0 amide bonds. The molecule has 0 aliphatic carbocycles. The van der Waals surface area contributed by atoms with Gasteiger partial charge in [-0.25, -0.2) is 0 Å². The summed E-state index contributed by atoms with van der Waals surface area (Å²) in [6.07, 6.45) is 2.95. The molecule has 0 radical (unpaired) electrons. The van der Waals surface area contributed by atoms with Gasteiger partial charge >= 0.3 is 0 Å². The molecule has 0 fully saturated rings. The van der Waals surface area contributed by atoms with Crippen molar-refractivity contribution in [3.8, 4) is 0 Å². The first-order valence-corrected chi connectivity index (χ1v) is 8.18. The van der Waals surface area contributed by atoms with E-state index in [2.05, 4.69) is 34.7 Å². The number of fused-ring (bicyclic) bond motifs is 1. The van der Waals surface area contributed by atoms with Crippen molar-refractivity contribution in [2.45, 2.75) is 19.9 Å². The Labute approximate surface area is 141 Å². The number of aromatic amines is 1. The molecule has 24 heavy (non-hydrogen) atoms. The zero-order valence-electron chi connectivity index (χ0n) is 14.1. The monoisotopic (exact) mass is 325 g/mol. The van der Waals surface area contributed by atoms with E-state index in [-0.39, 0.29) is 5.56 Å². The number of anilines is 1. The van der Waals surface area contributed by atoms with Crippen molar-refractivity contribution in [1.82, 2.24) is 9.55 Å². The van der Waals surface area contributed by atoms with Crippen molar-refractivity contribution in [2.24, 2.45) is 0 Å². The summed E-state index contributed by atoms with van der Waals surface area (Å²) < 4.78 is 6.78. The van der Waals surface area contributed by atoms with Gasteiger partial charge < -0.3 is 19.6 Å². The van der Waals surface area contributed by atoms with E-state index in [1.54, 1.807) is 17.7 Å². The molecule has 126 valence electrons. The van der Waals surface area contributed by atoms with Crippen LogP contribution in [0.5, 0.6) is 0 Å². The summed E-state index contributed by atoms with van der Waals surface area (Å²) in [4.78, 5) is 15.5. The van der Waals surface area contributed by atoms with Crippen molar-refractivity contribution in [2.75, 3.05) is 25.6 Å². The molecule has 5 heteroatoms. The Bertz CT molecular complexity index is 880. The maximum absolute atomic E-state index is 12.2. The van der Waals surface area contributed by atoms with E-state index in [1.807, 2.05) is 19.1 Å². The minimum Gasteiger partial charge on any atom is -0.384 e. The van der Waals surface area contributed by atoms with Gasteiger partial charge in [-0.2, -0.15) is 0 Å². The molecule has 0 saturated carbocycles. The van der Waals surface area contributed by atoms with Crippen LogP contribution >= 0.6 is 0 Å². The van der Waals surface area contributed by atoms with Crippen LogP contribution in [0, 0.1) is 6.92 Å². The molecular formula is C19H23N3O2. The number of para-hydroxylation sites is 1. The van der Waals surface area contributed by atoms with Gasteiger partial charge in [0.1, 0.15) is 0 Å². The SMILES string of the molecule is COCCn1c(C)cc(NCCc2c[nH]c3ccccc23)cc1=O. The Morgan fingerprint density at radius 1 is 1.25 bits per heavy atom. The molecule has 0 saturated heterocycles. The van der Waals surface area contributed by atoms with Crippen LogP contribution in [-0.4, -0.2) is 29.8 Å². The van der Waals surface area contributed by atoms with E-state index in [1.165, 1.54) is 10.9 Å². The van der Waals surface area contributed by atoms with Crippen LogP contribution in [0.25, 0.3) is 10.9 Å².